The first-order valence-corrected chi connectivity index (χ1v) is 9.05. The second-order valence-electron chi connectivity index (χ2n) is 6.66. The molecule has 2 N–H and O–H groups in total. The van der Waals surface area contributed by atoms with E-state index in [4.69, 9.17) is 5.73 Å². The zero-order valence-electron chi connectivity index (χ0n) is 13.6. The molecule has 0 saturated heterocycles. The van der Waals surface area contributed by atoms with E-state index >= 15 is 0 Å². The summed E-state index contributed by atoms with van der Waals surface area (Å²) in [4.78, 5) is 2.55. The van der Waals surface area contributed by atoms with Gasteiger partial charge in [0, 0.05) is 22.6 Å². The number of likely N-dealkylation sites (N-methyl/N-ethyl adjacent to an activating group) is 1. The lowest BCUT2D eigenvalue weighted by atomic mass is 9.84. The third kappa shape index (κ3) is 4.30. The van der Waals surface area contributed by atoms with Crippen molar-refractivity contribution in [3.8, 4) is 0 Å². The minimum Gasteiger partial charge on any atom is -0.326 e. The molecule has 4 unspecified atom stereocenters. The Morgan fingerprint density at radius 2 is 2.14 bits per heavy atom. The molecule has 1 aromatic rings. The molecule has 0 heterocycles. The summed E-state index contributed by atoms with van der Waals surface area (Å²) in [5.41, 5.74) is 7.82. The normalized spacial score (nSPS) is 25.8. The van der Waals surface area contributed by atoms with Crippen molar-refractivity contribution in [1.82, 2.24) is 4.90 Å². The van der Waals surface area contributed by atoms with Crippen LogP contribution in [0.2, 0.25) is 0 Å². The van der Waals surface area contributed by atoms with Crippen LogP contribution in [0.5, 0.6) is 0 Å². The van der Waals surface area contributed by atoms with Gasteiger partial charge in [0.2, 0.25) is 0 Å². The van der Waals surface area contributed by atoms with E-state index < -0.39 is 0 Å². The van der Waals surface area contributed by atoms with Gasteiger partial charge < -0.3 is 5.73 Å². The summed E-state index contributed by atoms with van der Waals surface area (Å²) in [5, 5.41) is 0. The summed E-state index contributed by atoms with van der Waals surface area (Å²) >= 11 is 3.60. The van der Waals surface area contributed by atoms with Gasteiger partial charge in [-0.25, -0.2) is 0 Å². The molecule has 1 fully saturated rings. The van der Waals surface area contributed by atoms with Gasteiger partial charge >= 0.3 is 0 Å². The minimum absolute atomic E-state index is 0.182. The number of nitrogens with two attached hydrogens (primary N) is 1. The van der Waals surface area contributed by atoms with Gasteiger partial charge in [-0.05, 0) is 49.9 Å². The number of hydrogen-bond donors (Lipinski definition) is 1. The first-order valence-electron chi connectivity index (χ1n) is 8.26. The largest absolute Gasteiger partial charge is 0.326 e. The van der Waals surface area contributed by atoms with Gasteiger partial charge in [-0.1, -0.05) is 54.8 Å². The molecule has 1 aliphatic carbocycles. The Kier molecular flexibility index (Phi) is 6.27. The molecular formula is C18H29BrN2. The van der Waals surface area contributed by atoms with E-state index in [9.17, 15) is 0 Å². The van der Waals surface area contributed by atoms with Gasteiger partial charge in [0.05, 0.1) is 0 Å². The van der Waals surface area contributed by atoms with E-state index in [0.717, 1.165) is 16.8 Å². The van der Waals surface area contributed by atoms with Crippen LogP contribution in [0.15, 0.2) is 28.7 Å². The molecule has 0 bridgehead atoms. The summed E-state index contributed by atoms with van der Waals surface area (Å²) in [6.45, 7) is 4.57. The van der Waals surface area contributed by atoms with Crippen molar-refractivity contribution < 1.29 is 0 Å². The monoisotopic (exact) mass is 352 g/mol. The zero-order valence-corrected chi connectivity index (χ0v) is 15.1. The highest BCUT2D eigenvalue weighted by Crippen LogP contribution is 2.34. The van der Waals surface area contributed by atoms with E-state index in [1.807, 2.05) is 0 Å². The Balaban J connectivity index is 2.23. The fraction of sp³-hybridized carbons (Fsp3) is 0.667. The van der Waals surface area contributed by atoms with E-state index in [2.05, 4.69) is 66.0 Å². The van der Waals surface area contributed by atoms with E-state index in [0.29, 0.717) is 12.1 Å². The molecule has 21 heavy (non-hydrogen) atoms. The van der Waals surface area contributed by atoms with Crippen molar-refractivity contribution in [2.24, 2.45) is 11.7 Å². The summed E-state index contributed by atoms with van der Waals surface area (Å²) in [6.07, 6.45) is 6.34. The molecule has 2 nitrogen and oxygen atoms in total. The zero-order chi connectivity index (χ0) is 15.4. The van der Waals surface area contributed by atoms with Crippen LogP contribution in [0.3, 0.4) is 0 Å². The maximum atomic E-state index is 6.48. The standard InChI is InChI=1S/C18H29BrN2/c1-4-17(20)18(14-8-6-9-15(19)12-14)21(3)16-10-5-7-13(2)11-16/h6,8-9,12-13,16-18H,4-5,7,10-11,20H2,1-3H3. The fourth-order valence-corrected chi connectivity index (χ4v) is 4.11. The number of nitrogens with zero attached hydrogens (tertiary/aromatic N) is 1. The van der Waals surface area contributed by atoms with Crippen LogP contribution in [0.25, 0.3) is 0 Å². The van der Waals surface area contributed by atoms with Crippen molar-refractivity contribution in [3.63, 3.8) is 0 Å². The molecule has 3 heteroatoms. The lowest BCUT2D eigenvalue weighted by Crippen LogP contribution is -2.45. The molecule has 118 valence electrons. The smallest absolute Gasteiger partial charge is 0.0499 e. The van der Waals surface area contributed by atoms with Gasteiger partial charge in [-0.2, -0.15) is 0 Å². The third-order valence-corrected chi connectivity index (χ3v) is 5.48. The molecule has 0 amide bonds. The topological polar surface area (TPSA) is 29.3 Å². The van der Waals surface area contributed by atoms with Gasteiger partial charge in [-0.15, -0.1) is 0 Å². The maximum Gasteiger partial charge on any atom is 0.0499 e. The number of rotatable bonds is 5. The molecule has 1 aromatic carbocycles. The Morgan fingerprint density at radius 3 is 2.76 bits per heavy atom. The van der Waals surface area contributed by atoms with Gasteiger partial charge in [-0.3, -0.25) is 4.90 Å². The van der Waals surface area contributed by atoms with Crippen LogP contribution >= 0.6 is 15.9 Å². The maximum absolute atomic E-state index is 6.48. The highest BCUT2D eigenvalue weighted by molar-refractivity contribution is 9.10. The first kappa shape index (κ1) is 17.0. The second-order valence-corrected chi connectivity index (χ2v) is 7.58. The lowest BCUT2D eigenvalue weighted by molar-refractivity contribution is 0.102. The van der Waals surface area contributed by atoms with Crippen molar-refractivity contribution in [1.29, 1.82) is 0 Å². The SMILES string of the molecule is CCC(N)C(c1cccc(Br)c1)N(C)C1CCCC(C)C1. The van der Waals surface area contributed by atoms with Crippen LogP contribution in [0.1, 0.15) is 57.6 Å². The number of halogens is 1. The Hall–Kier alpha value is -0.380. The fourth-order valence-electron chi connectivity index (χ4n) is 3.70. The van der Waals surface area contributed by atoms with Crippen molar-refractivity contribution in [2.45, 2.75) is 64.1 Å². The summed E-state index contributed by atoms with van der Waals surface area (Å²) in [5.74, 6) is 0.840. The summed E-state index contributed by atoms with van der Waals surface area (Å²) in [7, 11) is 2.27. The highest BCUT2D eigenvalue weighted by Gasteiger charge is 2.30. The van der Waals surface area contributed by atoms with Crippen LogP contribution in [-0.2, 0) is 0 Å². The Bertz CT molecular complexity index is 449. The average Bonchev–Trinajstić information content (AvgIpc) is 2.47. The number of hydrogen-bond acceptors (Lipinski definition) is 2. The lowest BCUT2D eigenvalue weighted by Gasteiger charge is -2.41. The van der Waals surface area contributed by atoms with Crippen LogP contribution < -0.4 is 5.73 Å². The summed E-state index contributed by atoms with van der Waals surface area (Å²) in [6, 6.07) is 9.79. The molecule has 1 saturated carbocycles. The van der Waals surface area contributed by atoms with E-state index in [1.165, 1.54) is 31.2 Å². The van der Waals surface area contributed by atoms with E-state index in [-0.39, 0.29) is 6.04 Å². The quantitative estimate of drug-likeness (QED) is 0.829. The molecule has 0 spiro atoms. The Morgan fingerprint density at radius 1 is 1.38 bits per heavy atom. The predicted octanol–water partition coefficient (Wildman–Crippen LogP) is 4.74. The van der Waals surface area contributed by atoms with Gasteiger partial charge in [0.15, 0.2) is 0 Å². The van der Waals surface area contributed by atoms with Crippen LogP contribution in [0, 0.1) is 5.92 Å². The predicted molar refractivity (Wildman–Crippen MR) is 94.3 cm³/mol. The third-order valence-electron chi connectivity index (χ3n) is 4.99. The molecular weight excluding hydrogens is 324 g/mol. The van der Waals surface area contributed by atoms with Crippen molar-refractivity contribution in [3.05, 3.63) is 34.3 Å². The average molecular weight is 353 g/mol. The molecule has 0 aromatic heterocycles. The summed E-state index contributed by atoms with van der Waals surface area (Å²) < 4.78 is 1.14. The van der Waals surface area contributed by atoms with Crippen LogP contribution in [-0.4, -0.2) is 24.0 Å². The van der Waals surface area contributed by atoms with Crippen molar-refractivity contribution >= 4 is 15.9 Å². The molecule has 0 aliphatic heterocycles. The van der Waals surface area contributed by atoms with Gasteiger partial charge in [0.1, 0.15) is 0 Å². The van der Waals surface area contributed by atoms with Crippen LogP contribution in [0.4, 0.5) is 0 Å². The number of benzene rings is 1. The molecule has 4 atom stereocenters. The highest BCUT2D eigenvalue weighted by atomic mass is 79.9. The molecule has 0 radical (unpaired) electrons. The second kappa shape index (κ2) is 7.75. The van der Waals surface area contributed by atoms with Crippen molar-refractivity contribution in [2.75, 3.05) is 7.05 Å². The van der Waals surface area contributed by atoms with E-state index in [1.54, 1.807) is 0 Å². The molecule has 1 aliphatic rings. The van der Waals surface area contributed by atoms with Gasteiger partial charge in [0.25, 0.3) is 0 Å². The Labute approximate surface area is 138 Å². The minimum atomic E-state index is 0.182. The molecule has 2 rings (SSSR count). The first-order chi connectivity index (χ1) is 10.0.